The Morgan fingerprint density at radius 3 is 1.46 bits per heavy atom. The van der Waals surface area contributed by atoms with Crippen molar-refractivity contribution in [2.75, 3.05) is 4.90 Å². The zero-order valence-electron chi connectivity index (χ0n) is 29.2. The summed E-state index contributed by atoms with van der Waals surface area (Å²) >= 11 is 0. The van der Waals surface area contributed by atoms with Crippen LogP contribution in [0, 0.1) is 0 Å². The molecule has 0 saturated carbocycles. The second-order valence-corrected chi connectivity index (χ2v) is 13.9. The number of benzene rings is 7. The molecule has 52 heavy (non-hydrogen) atoms. The van der Waals surface area contributed by atoms with E-state index in [2.05, 4.69) is 189 Å². The van der Waals surface area contributed by atoms with Crippen molar-refractivity contribution in [2.24, 2.45) is 0 Å². The van der Waals surface area contributed by atoms with E-state index in [9.17, 15) is 0 Å². The number of para-hydroxylation sites is 2. The summed E-state index contributed by atoms with van der Waals surface area (Å²) in [4.78, 5) is 12.5. The molecular weight excluding hydrogens is 631 g/mol. The van der Waals surface area contributed by atoms with Crippen molar-refractivity contribution in [3.8, 4) is 56.2 Å². The van der Waals surface area contributed by atoms with Crippen molar-refractivity contribution >= 4 is 17.1 Å². The second-order valence-electron chi connectivity index (χ2n) is 13.9. The monoisotopic (exact) mass is 667 g/mol. The van der Waals surface area contributed by atoms with Crippen LogP contribution in [-0.2, 0) is 5.41 Å². The Morgan fingerprint density at radius 1 is 0.365 bits per heavy atom. The largest absolute Gasteiger partial charge is 0.311 e. The maximum absolute atomic E-state index is 5.14. The third kappa shape index (κ3) is 5.67. The molecule has 1 aliphatic carbocycles. The van der Waals surface area contributed by atoms with Gasteiger partial charge in [0, 0.05) is 39.2 Å². The zero-order valence-corrected chi connectivity index (χ0v) is 29.2. The van der Waals surface area contributed by atoms with Crippen LogP contribution in [0.15, 0.2) is 188 Å². The van der Waals surface area contributed by atoms with Gasteiger partial charge in [-0.25, -0.2) is 9.97 Å². The van der Waals surface area contributed by atoms with Crippen LogP contribution in [0.3, 0.4) is 0 Å². The highest BCUT2D eigenvalue weighted by molar-refractivity contribution is 5.84. The van der Waals surface area contributed by atoms with Crippen molar-refractivity contribution < 1.29 is 0 Å². The van der Waals surface area contributed by atoms with Gasteiger partial charge >= 0.3 is 0 Å². The Kier molecular flexibility index (Phi) is 7.82. The molecule has 1 heterocycles. The lowest BCUT2D eigenvalue weighted by Crippen LogP contribution is -2.14. The van der Waals surface area contributed by atoms with Crippen LogP contribution in [0.1, 0.15) is 25.0 Å². The molecule has 0 bridgehead atoms. The number of aromatic nitrogens is 2. The van der Waals surface area contributed by atoms with E-state index >= 15 is 0 Å². The van der Waals surface area contributed by atoms with Crippen molar-refractivity contribution in [3.05, 3.63) is 199 Å². The summed E-state index contributed by atoms with van der Waals surface area (Å²) in [6.45, 7) is 4.64. The van der Waals surface area contributed by atoms with Gasteiger partial charge < -0.3 is 4.90 Å². The number of hydrogen-bond donors (Lipinski definition) is 0. The molecule has 0 atom stereocenters. The summed E-state index contributed by atoms with van der Waals surface area (Å²) in [5.74, 6) is 0.720. The fourth-order valence-corrected chi connectivity index (χ4v) is 7.56. The van der Waals surface area contributed by atoms with Crippen LogP contribution in [0.5, 0.6) is 0 Å². The molecule has 0 unspecified atom stereocenters. The maximum Gasteiger partial charge on any atom is 0.160 e. The van der Waals surface area contributed by atoms with Crippen molar-refractivity contribution in [3.63, 3.8) is 0 Å². The van der Waals surface area contributed by atoms with E-state index in [1.807, 2.05) is 18.2 Å². The van der Waals surface area contributed by atoms with Crippen molar-refractivity contribution in [1.82, 2.24) is 9.97 Å². The molecule has 248 valence electrons. The standard InChI is InChI=1S/C49H37N3/c1-49(2)44-21-13-12-20-42(44)43-31-28-38(32-45(43)49)47-33-46(50-48(51-47)37-14-6-3-7-15-37)36-24-22-34(23-25-36)35-26-29-41(30-27-35)52(39-16-8-4-9-17-39)40-18-10-5-11-19-40/h3-33H,1-2H3. The molecular formula is C49H37N3. The summed E-state index contributed by atoms with van der Waals surface area (Å²) in [5.41, 5.74) is 15.9. The second kappa shape index (κ2) is 12.9. The van der Waals surface area contributed by atoms with Crippen LogP contribution in [-0.4, -0.2) is 9.97 Å². The smallest absolute Gasteiger partial charge is 0.160 e. The molecule has 9 rings (SSSR count). The summed E-state index contributed by atoms with van der Waals surface area (Å²) in [7, 11) is 0. The number of fused-ring (bicyclic) bond motifs is 3. The Hall–Kier alpha value is -6.58. The molecule has 0 fully saturated rings. The molecule has 3 heteroatoms. The average Bonchev–Trinajstić information content (AvgIpc) is 3.45. The Morgan fingerprint density at radius 2 is 0.827 bits per heavy atom. The van der Waals surface area contributed by atoms with Gasteiger partial charge in [-0.2, -0.15) is 0 Å². The average molecular weight is 668 g/mol. The summed E-state index contributed by atoms with van der Waals surface area (Å²) in [5, 5.41) is 0. The van der Waals surface area contributed by atoms with Crippen molar-refractivity contribution in [1.29, 1.82) is 0 Å². The number of rotatable bonds is 7. The normalized spacial score (nSPS) is 12.6. The van der Waals surface area contributed by atoms with Gasteiger partial charge in [0.2, 0.25) is 0 Å². The molecule has 0 spiro atoms. The van der Waals surface area contributed by atoms with E-state index in [0.717, 1.165) is 62.1 Å². The molecule has 0 N–H and O–H groups in total. The highest BCUT2D eigenvalue weighted by Crippen LogP contribution is 2.49. The highest BCUT2D eigenvalue weighted by atomic mass is 15.1. The van der Waals surface area contributed by atoms with E-state index in [1.54, 1.807) is 0 Å². The quantitative estimate of drug-likeness (QED) is 0.169. The van der Waals surface area contributed by atoms with E-state index in [1.165, 1.54) is 22.3 Å². The van der Waals surface area contributed by atoms with Crippen LogP contribution < -0.4 is 4.90 Å². The molecule has 0 saturated heterocycles. The van der Waals surface area contributed by atoms with E-state index in [4.69, 9.17) is 9.97 Å². The maximum atomic E-state index is 5.14. The number of hydrogen-bond acceptors (Lipinski definition) is 3. The topological polar surface area (TPSA) is 29.0 Å². The van der Waals surface area contributed by atoms with Gasteiger partial charge in [0.25, 0.3) is 0 Å². The third-order valence-electron chi connectivity index (χ3n) is 10.3. The Balaban J connectivity index is 1.06. The van der Waals surface area contributed by atoms with Gasteiger partial charge in [0.15, 0.2) is 5.82 Å². The van der Waals surface area contributed by atoms with Gasteiger partial charge in [0.05, 0.1) is 11.4 Å². The van der Waals surface area contributed by atoms with Gasteiger partial charge in [0.1, 0.15) is 0 Å². The third-order valence-corrected chi connectivity index (χ3v) is 10.3. The fourth-order valence-electron chi connectivity index (χ4n) is 7.56. The lowest BCUT2D eigenvalue weighted by Gasteiger charge is -2.25. The first-order chi connectivity index (χ1) is 25.5. The molecule has 3 nitrogen and oxygen atoms in total. The van der Waals surface area contributed by atoms with Gasteiger partial charge in [-0.1, -0.05) is 153 Å². The lowest BCUT2D eigenvalue weighted by atomic mass is 9.82. The minimum atomic E-state index is -0.0878. The van der Waals surface area contributed by atoms with E-state index < -0.39 is 0 Å². The molecule has 8 aromatic rings. The summed E-state index contributed by atoms with van der Waals surface area (Å²) in [6, 6.07) is 66.5. The summed E-state index contributed by atoms with van der Waals surface area (Å²) < 4.78 is 0. The zero-order chi connectivity index (χ0) is 35.1. The van der Waals surface area contributed by atoms with Crippen LogP contribution in [0.25, 0.3) is 56.2 Å². The predicted molar refractivity (Wildman–Crippen MR) is 216 cm³/mol. The first-order valence-corrected chi connectivity index (χ1v) is 17.8. The number of anilines is 3. The van der Waals surface area contributed by atoms with Gasteiger partial charge in [-0.3, -0.25) is 0 Å². The molecule has 0 amide bonds. The number of nitrogens with zero attached hydrogens (tertiary/aromatic N) is 3. The lowest BCUT2D eigenvalue weighted by molar-refractivity contribution is 0.660. The molecule has 0 radical (unpaired) electrons. The minimum Gasteiger partial charge on any atom is -0.311 e. The van der Waals surface area contributed by atoms with Crippen molar-refractivity contribution in [2.45, 2.75) is 19.3 Å². The minimum absolute atomic E-state index is 0.0878. The predicted octanol–water partition coefficient (Wildman–Crippen LogP) is 12.9. The molecule has 7 aromatic carbocycles. The first-order valence-electron chi connectivity index (χ1n) is 17.8. The van der Waals surface area contributed by atoms with Crippen LogP contribution in [0.2, 0.25) is 0 Å². The Labute approximate surface area is 305 Å². The van der Waals surface area contributed by atoms with Crippen LogP contribution in [0.4, 0.5) is 17.1 Å². The Bertz CT molecular complexity index is 2470. The SMILES string of the molecule is CC1(C)c2ccccc2-c2ccc(-c3cc(-c4ccc(-c5ccc(N(c6ccccc6)c6ccccc6)cc5)cc4)nc(-c4ccccc4)n3)cc21. The summed E-state index contributed by atoms with van der Waals surface area (Å²) in [6.07, 6.45) is 0. The van der Waals surface area contributed by atoms with Crippen LogP contribution >= 0.6 is 0 Å². The highest BCUT2D eigenvalue weighted by Gasteiger charge is 2.35. The van der Waals surface area contributed by atoms with Gasteiger partial charge in [-0.05, 0) is 81.9 Å². The molecule has 0 aliphatic heterocycles. The molecule has 1 aromatic heterocycles. The van der Waals surface area contributed by atoms with E-state index in [-0.39, 0.29) is 5.41 Å². The van der Waals surface area contributed by atoms with Gasteiger partial charge in [-0.15, -0.1) is 0 Å². The fraction of sp³-hybridized carbons (Fsp3) is 0.0612. The first kappa shape index (κ1) is 31.4. The van der Waals surface area contributed by atoms with E-state index in [0.29, 0.717) is 0 Å². The molecule has 1 aliphatic rings.